The van der Waals surface area contributed by atoms with E-state index in [1.165, 1.54) is 12.3 Å². The van der Waals surface area contributed by atoms with Gasteiger partial charge in [-0.25, -0.2) is 0 Å². The summed E-state index contributed by atoms with van der Waals surface area (Å²) in [4.78, 5) is 0. The fourth-order valence-electron chi connectivity index (χ4n) is 1.63. The Bertz CT molecular complexity index is 543. The number of hydrogen-bond acceptors (Lipinski definition) is 2. The lowest BCUT2D eigenvalue weighted by atomic mass is 10.0. The van der Waals surface area contributed by atoms with Gasteiger partial charge in [-0.3, -0.25) is 5.10 Å². The van der Waals surface area contributed by atoms with Crippen LogP contribution in [0.25, 0.3) is 11.3 Å². The van der Waals surface area contributed by atoms with Crippen LogP contribution in [0.3, 0.4) is 0 Å². The SMILES string of the molecule is Cc1cc(C(F)(F)F)ccc1-c1[nH]ncc1N. The van der Waals surface area contributed by atoms with E-state index in [1.54, 1.807) is 6.92 Å². The Morgan fingerprint density at radius 2 is 2.00 bits per heavy atom. The fraction of sp³-hybridized carbons (Fsp3) is 0.182. The molecule has 2 aromatic rings. The molecule has 1 heterocycles. The van der Waals surface area contributed by atoms with Crippen molar-refractivity contribution in [3.63, 3.8) is 0 Å². The molecule has 2 rings (SSSR count). The first kappa shape index (κ1) is 11.5. The van der Waals surface area contributed by atoms with Gasteiger partial charge in [-0.2, -0.15) is 18.3 Å². The Kier molecular flexibility index (Phi) is 2.57. The smallest absolute Gasteiger partial charge is 0.396 e. The number of nitrogens with zero attached hydrogens (tertiary/aromatic N) is 1. The summed E-state index contributed by atoms with van der Waals surface area (Å²) in [5.41, 5.74) is 7.04. The van der Waals surface area contributed by atoms with Gasteiger partial charge >= 0.3 is 6.18 Å². The van der Waals surface area contributed by atoms with E-state index >= 15 is 0 Å². The molecule has 0 amide bonds. The molecule has 0 aliphatic carbocycles. The monoisotopic (exact) mass is 241 g/mol. The number of nitrogens with two attached hydrogens (primary N) is 1. The number of nitrogen functional groups attached to an aromatic ring is 1. The second kappa shape index (κ2) is 3.80. The van der Waals surface area contributed by atoms with Gasteiger partial charge in [-0.1, -0.05) is 6.07 Å². The molecule has 0 atom stereocenters. The highest BCUT2D eigenvalue weighted by Gasteiger charge is 2.30. The lowest BCUT2D eigenvalue weighted by Crippen LogP contribution is -2.05. The molecule has 0 aliphatic rings. The summed E-state index contributed by atoms with van der Waals surface area (Å²) >= 11 is 0. The molecule has 3 N–H and O–H groups in total. The first-order valence-electron chi connectivity index (χ1n) is 4.86. The maximum absolute atomic E-state index is 12.5. The second-order valence-electron chi connectivity index (χ2n) is 3.73. The Morgan fingerprint density at radius 1 is 1.29 bits per heavy atom. The zero-order chi connectivity index (χ0) is 12.6. The van der Waals surface area contributed by atoms with Crippen molar-refractivity contribution >= 4 is 5.69 Å². The normalized spacial score (nSPS) is 11.8. The van der Waals surface area contributed by atoms with Crippen LogP contribution in [0.2, 0.25) is 0 Å². The Balaban J connectivity index is 2.50. The van der Waals surface area contributed by atoms with Crippen LogP contribution in [0.4, 0.5) is 18.9 Å². The van der Waals surface area contributed by atoms with Crippen LogP contribution in [0, 0.1) is 6.92 Å². The molecule has 0 radical (unpaired) electrons. The van der Waals surface area contributed by atoms with E-state index in [0.29, 0.717) is 22.5 Å². The largest absolute Gasteiger partial charge is 0.416 e. The van der Waals surface area contributed by atoms with Crippen molar-refractivity contribution in [3.8, 4) is 11.3 Å². The molecule has 0 fully saturated rings. The van der Waals surface area contributed by atoms with Crippen LogP contribution in [0.1, 0.15) is 11.1 Å². The number of aromatic amines is 1. The van der Waals surface area contributed by atoms with E-state index in [-0.39, 0.29) is 0 Å². The Hall–Kier alpha value is -1.98. The average Bonchev–Trinajstić information content (AvgIpc) is 2.63. The predicted molar refractivity (Wildman–Crippen MR) is 58.2 cm³/mol. The van der Waals surface area contributed by atoms with Crippen molar-refractivity contribution < 1.29 is 13.2 Å². The Labute approximate surface area is 95.5 Å². The molecular weight excluding hydrogens is 231 g/mol. The standard InChI is InChI=1S/C11H10F3N3/c1-6-4-7(11(12,13)14)2-3-8(6)10-9(15)5-16-17-10/h2-5H,15H2,1H3,(H,16,17). The predicted octanol–water partition coefficient (Wildman–Crippen LogP) is 2.99. The van der Waals surface area contributed by atoms with E-state index in [0.717, 1.165) is 12.1 Å². The third-order valence-corrected chi connectivity index (χ3v) is 2.49. The van der Waals surface area contributed by atoms with E-state index < -0.39 is 11.7 Å². The van der Waals surface area contributed by atoms with Crippen LogP contribution in [-0.2, 0) is 6.18 Å². The van der Waals surface area contributed by atoms with Crippen molar-refractivity contribution in [1.82, 2.24) is 10.2 Å². The maximum atomic E-state index is 12.5. The first-order valence-corrected chi connectivity index (χ1v) is 4.86. The minimum absolute atomic E-state index is 0.410. The minimum Gasteiger partial charge on any atom is -0.396 e. The molecule has 1 aromatic heterocycles. The molecule has 6 heteroatoms. The maximum Gasteiger partial charge on any atom is 0.416 e. The number of aromatic nitrogens is 2. The summed E-state index contributed by atoms with van der Waals surface area (Å²) < 4.78 is 37.4. The Morgan fingerprint density at radius 3 is 2.47 bits per heavy atom. The molecule has 0 saturated carbocycles. The topological polar surface area (TPSA) is 54.7 Å². The summed E-state index contributed by atoms with van der Waals surface area (Å²) in [5, 5.41) is 6.40. The van der Waals surface area contributed by atoms with Crippen LogP contribution in [-0.4, -0.2) is 10.2 Å². The van der Waals surface area contributed by atoms with Gasteiger partial charge in [0.05, 0.1) is 23.1 Å². The highest BCUT2D eigenvalue weighted by molar-refractivity contribution is 5.74. The highest BCUT2D eigenvalue weighted by Crippen LogP contribution is 2.33. The lowest BCUT2D eigenvalue weighted by molar-refractivity contribution is -0.137. The molecule has 90 valence electrons. The van der Waals surface area contributed by atoms with Gasteiger partial charge in [0.2, 0.25) is 0 Å². The van der Waals surface area contributed by atoms with Gasteiger partial charge in [0, 0.05) is 5.56 Å². The van der Waals surface area contributed by atoms with Gasteiger partial charge in [0.1, 0.15) is 0 Å². The van der Waals surface area contributed by atoms with E-state index in [9.17, 15) is 13.2 Å². The minimum atomic E-state index is -4.33. The van der Waals surface area contributed by atoms with E-state index in [4.69, 9.17) is 5.73 Å². The molecule has 0 saturated heterocycles. The number of alkyl halides is 3. The molecule has 0 spiro atoms. The molecule has 0 bridgehead atoms. The molecule has 0 aliphatic heterocycles. The number of anilines is 1. The molecule has 3 nitrogen and oxygen atoms in total. The molecule has 1 aromatic carbocycles. The number of H-pyrrole nitrogens is 1. The van der Waals surface area contributed by atoms with Gasteiger partial charge < -0.3 is 5.73 Å². The van der Waals surface area contributed by atoms with Gasteiger partial charge in [-0.15, -0.1) is 0 Å². The quantitative estimate of drug-likeness (QED) is 0.806. The molecule has 0 unspecified atom stereocenters. The highest BCUT2D eigenvalue weighted by atomic mass is 19.4. The number of hydrogen-bond donors (Lipinski definition) is 2. The van der Waals surface area contributed by atoms with Crippen LogP contribution >= 0.6 is 0 Å². The average molecular weight is 241 g/mol. The van der Waals surface area contributed by atoms with Crippen molar-refractivity contribution in [3.05, 3.63) is 35.5 Å². The summed E-state index contributed by atoms with van der Waals surface area (Å²) in [7, 11) is 0. The zero-order valence-electron chi connectivity index (χ0n) is 8.97. The number of nitrogens with one attached hydrogen (secondary N) is 1. The van der Waals surface area contributed by atoms with Crippen molar-refractivity contribution in [2.24, 2.45) is 0 Å². The van der Waals surface area contributed by atoms with Crippen LogP contribution < -0.4 is 5.73 Å². The van der Waals surface area contributed by atoms with E-state index in [2.05, 4.69) is 10.2 Å². The second-order valence-corrected chi connectivity index (χ2v) is 3.73. The summed E-state index contributed by atoms with van der Waals surface area (Å²) in [6, 6.07) is 3.51. The summed E-state index contributed by atoms with van der Waals surface area (Å²) in [6.07, 6.45) is -2.91. The fourth-order valence-corrected chi connectivity index (χ4v) is 1.63. The van der Waals surface area contributed by atoms with E-state index in [1.807, 2.05) is 0 Å². The third kappa shape index (κ3) is 2.11. The summed E-state index contributed by atoms with van der Waals surface area (Å²) in [6.45, 7) is 1.60. The van der Waals surface area contributed by atoms with Crippen molar-refractivity contribution in [2.75, 3.05) is 5.73 Å². The van der Waals surface area contributed by atoms with Gasteiger partial charge in [0.15, 0.2) is 0 Å². The molecular formula is C11H10F3N3. The van der Waals surface area contributed by atoms with Crippen molar-refractivity contribution in [1.29, 1.82) is 0 Å². The lowest BCUT2D eigenvalue weighted by Gasteiger charge is -2.10. The third-order valence-electron chi connectivity index (χ3n) is 2.49. The van der Waals surface area contributed by atoms with Crippen molar-refractivity contribution in [2.45, 2.75) is 13.1 Å². The number of halogens is 3. The number of benzene rings is 1. The van der Waals surface area contributed by atoms with Gasteiger partial charge in [-0.05, 0) is 24.6 Å². The zero-order valence-corrected chi connectivity index (χ0v) is 8.97. The van der Waals surface area contributed by atoms with Crippen LogP contribution in [0.5, 0.6) is 0 Å². The van der Waals surface area contributed by atoms with Crippen LogP contribution in [0.15, 0.2) is 24.4 Å². The first-order chi connectivity index (χ1) is 7.89. The summed E-state index contributed by atoms with van der Waals surface area (Å²) in [5.74, 6) is 0. The number of aryl methyl sites for hydroxylation is 1. The number of rotatable bonds is 1. The molecule has 17 heavy (non-hydrogen) atoms. The van der Waals surface area contributed by atoms with Gasteiger partial charge in [0.25, 0.3) is 0 Å².